The number of fused-ring (bicyclic) bond motifs is 10. The smallest absolute Gasteiger partial charge is 0.160 e. The minimum Gasteiger partial charge on any atom is -0.309 e. The first-order valence-corrected chi connectivity index (χ1v) is 22.1. The first kappa shape index (κ1) is 35.6. The van der Waals surface area contributed by atoms with E-state index in [9.17, 15) is 0 Å². The molecule has 0 N–H and O–H groups in total. The summed E-state index contributed by atoms with van der Waals surface area (Å²) in [6.07, 6.45) is 0. The fourth-order valence-electron chi connectivity index (χ4n) is 9.66. The molecule has 4 aromatic heterocycles. The van der Waals surface area contributed by atoms with Crippen LogP contribution in [-0.4, -0.2) is 19.1 Å². The van der Waals surface area contributed by atoms with Crippen LogP contribution in [0.2, 0.25) is 0 Å². The van der Waals surface area contributed by atoms with E-state index >= 15 is 0 Å². The third-order valence-electron chi connectivity index (χ3n) is 12.5. The predicted molar refractivity (Wildman–Crippen MR) is 265 cm³/mol. The molecule has 0 aliphatic heterocycles. The van der Waals surface area contributed by atoms with Gasteiger partial charge in [0.2, 0.25) is 0 Å². The van der Waals surface area contributed by atoms with E-state index in [0.29, 0.717) is 0 Å². The van der Waals surface area contributed by atoms with Crippen molar-refractivity contribution in [3.05, 3.63) is 218 Å². The molecule has 294 valence electrons. The molecule has 0 amide bonds. The number of para-hydroxylation sites is 2. The quantitative estimate of drug-likeness (QED) is 0.167. The Balaban J connectivity index is 1.01. The van der Waals surface area contributed by atoms with Crippen LogP contribution in [-0.2, 0) is 0 Å². The number of hydrogen-bond acceptors (Lipinski definition) is 3. The van der Waals surface area contributed by atoms with Crippen molar-refractivity contribution in [2.24, 2.45) is 0 Å². The number of hydrogen-bond donors (Lipinski definition) is 0. The molecule has 4 heterocycles. The summed E-state index contributed by atoms with van der Waals surface area (Å²) in [6.45, 7) is 0. The van der Waals surface area contributed by atoms with E-state index in [1.165, 1.54) is 70.6 Å². The van der Waals surface area contributed by atoms with Gasteiger partial charge >= 0.3 is 0 Å². The zero-order valence-corrected chi connectivity index (χ0v) is 34.8. The van der Waals surface area contributed by atoms with Gasteiger partial charge in [0, 0.05) is 54.1 Å². The highest BCUT2D eigenvalue weighted by Gasteiger charge is 2.22. The molecule has 0 aliphatic carbocycles. The molecular formula is C58H36N4S. The highest BCUT2D eigenvalue weighted by molar-refractivity contribution is 7.26. The Morgan fingerprint density at radius 1 is 0.333 bits per heavy atom. The fourth-order valence-corrected chi connectivity index (χ4v) is 10.8. The van der Waals surface area contributed by atoms with E-state index in [0.717, 1.165) is 49.6 Å². The second-order valence-electron chi connectivity index (χ2n) is 16.1. The second-order valence-corrected chi connectivity index (χ2v) is 17.2. The zero-order valence-electron chi connectivity index (χ0n) is 34.0. The SMILES string of the molecule is c1ccc(-c2ccc(-c3cccc(-n4c5ccccc5c5c6c7ccccc7n(-c7ccc8sc9c(-c%10ccccc%10)nc(-c%10ccccc%10)nc9c8c7)c6ccc54)c3)cc2)cc1. The Hall–Kier alpha value is -8.12. The molecule has 5 heteroatoms. The van der Waals surface area contributed by atoms with Crippen LogP contribution in [0.25, 0.3) is 120 Å². The molecular weight excluding hydrogens is 785 g/mol. The van der Waals surface area contributed by atoms with Crippen molar-refractivity contribution in [2.45, 2.75) is 0 Å². The van der Waals surface area contributed by atoms with Gasteiger partial charge < -0.3 is 9.13 Å². The monoisotopic (exact) mass is 820 g/mol. The van der Waals surface area contributed by atoms with Crippen LogP contribution in [0.15, 0.2) is 218 Å². The average Bonchev–Trinajstić information content (AvgIpc) is 4.02. The first-order valence-electron chi connectivity index (χ1n) is 21.3. The van der Waals surface area contributed by atoms with Crippen LogP contribution in [0.5, 0.6) is 0 Å². The lowest BCUT2D eigenvalue weighted by Crippen LogP contribution is -1.95. The lowest BCUT2D eigenvalue weighted by molar-refractivity contribution is 1.17. The molecule has 9 aromatic carbocycles. The van der Waals surface area contributed by atoms with Crippen molar-refractivity contribution in [2.75, 3.05) is 0 Å². The zero-order chi connectivity index (χ0) is 41.4. The summed E-state index contributed by atoms with van der Waals surface area (Å²) in [7, 11) is 0. The van der Waals surface area contributed by atoms with E-state index in [-0.39, 0.29) is 0 Å². The van der Waals surface area contributed by atoms with Crippen LogP contribution in [0.4, 0.5) is 0 Å². The van der Waals surface area contributed by atoms with E-state index in [2.05, 4.69) is 221 Å². The molecule has 0 radical (unpaired) electrons. The number of nitrogens with zero attached hydrogens (tertiary/aromatic N) is 4. The molecule has 13 rings (SSSR count). The molecule has 0 atom stereocenters. The van der Waals surface area contributed by atoms with E-state index in [1.807, 2.05) is 6.07 Å². The second kappa shape index (κ2) is 14.2. The summed E-state index contributed by atoms with van der Waals surface area (Å²) >= 11 is 1.77. The van der Waals surface area contributed by atoms with Crippen molar-refractivity contribution in [3.63, 3.8) is 0 Å². The van der Waals surface area contributed by atoms with Gasteiger partial charge in [-0.3, -0.25) is 0 Å². The molecule has 0 saturated carbocycles. The van der Waals surface area contributed by atoms with E-state index < -0.39 is 0 Å². The number of rotatable bonds is 6. The molecule has 13 aromatic rings. The van der Waals surface area contributed by atoms with Crippen LogP contribution < -0.4 is 0 Å². The predicted octanol–water partition coefficient (Wildman–Crippen LogP) is 15.7. The molecule has 0 spiro atoms. The summed E-state index contributed by atoms with van der Waals surface area (Å²) in [6, 6.07) is 78.5. The lowest BCUT2D eigenvalue weighted by atomic mass is 10.00. The minimum absolute atomic E-state index is 0.731. The molecule has 0 fully saturated rings. The van der Waals surface area contributed by atoms with Crippen molar-refractivity contribution >= 4 is 75.3 Å². The van der Waals surface area contributed by atoms with Crippen LogP contribution in [0.1, 0.15) is 0 Å². The van der Waals surface area contributed by atoms with Gasteiger partial charge in [0.1, 0.15) is 0 Å². The van der Waals surface area contributed by atoms with Gasteiger partial charge in [-0.25, -0.2) is 9.97 Å². The number of aromatic nitrogens is 4. The Kier molecular flexibility index (Phi) is 8.05. The van der Waals surface area contributed by atoms with Crippen LogP contribution in [0.3, 0.4) is 0 Å². The largest absolute Gasteiger partial charge is 0.309 e. The topological polar surface area (TPSA) is 35.6 Å². The van der Waals surface area contributed by atoms with Gasteiger partial charge in [-0.05, 0) is 76.9 Å². The lowest BCUT2D eigenvalue weighted by Gasteiger charge is -2.11. The van der Waals surface area contributed by atoms with Gasteiger partial charge in [0.05, 0.1) is 38.0 Å². The Morgan fingerprint density at radius 3 is 1.48 bits per heavy atom. The molecule has 63 heavy (non-hydrogen) atoms. The van der Waals surface area contributed by atoms with Crippen molar-refractivity contribution in [3.8, 4) is 56.3 Å². The average molecular weight is 821 g/mol. The van der Waals surface area contributed by atoms with Gasteiger partial charge in [-0.2, -0.15) is 0 Å². The number of thiophene rings is 1. The van der Waals surface area contributed by atoms with E-state index in [1.54, 1.807) is 11.3 Å². The van der Waals surface area contributed by atoms with Gasteiger partial charge in [-0.15, -0.1) is 11.3 Å². The molecule has 0 bridgehead atoms. The van der Waals surface area contributed by atoms with Crippen molar-refractivity contribution in [1.29, 1.82) is 0 Å². The Morgan fingerprint density at radius 2 is 0.841 bits per heavy atom. The summed E-state index contributed by atoms with van der Waals surface area (Å²) in [5, 5.41) is 6.09. The van der Waals surface area contributed by atoms with Crippen LogP contribution >= 0.6 is 11.3 Å². The molecule has 0 aliphatic rings. The summed E-state index contributed by atoms with van der Waals surface area (Å²) in [5.74, 6) is 0.731. The van der Waals surface area contributed by atoms with Crippen molar-refractivity contribution < 1.29 is 0 Å². The Bertz CT molecular complexity index is 3880. The highest BCUT2D eigenvalue weighted by atomic mass is 32.1. The van der Waals surface area contributed by atoms with Gasteiger partial charge in [-0.1, -0.05) is 164 Å². The Labute approximate surface area is 367 Å². The molecule has 4 nitrogen and oxygen atoms in total. The normalized spacial score (nSPS) is 11.8. The summed E-state index contributed by atoms with van der Waals surface area (Å²) in [5.41, 5.74) is 15.8. The summed E-state index contributed by atoms with van der Waals surface area (Å²) in [4.78, 5) is 10.5. The minimum atomic E-state index is 0.731. The third kappa shape index (κ3) is 5.67. The highest BCUT2D eigenvalue weighted by Crippen LogP contribution is 2.45. The molecule has 0 saturated heterocycles. The van der Waals surface area contributed by atoms with Gasteiger partial charge in [0.15, 0.2) is 5.82 Å². The maximum absolute atomic E-state index is 5.30. The molecule has 0 unspecified atom stereocenters. The maximum atomic E-state index is 5.30. The first-order chi connectivity index (χ1) is 31.2. The number of benzene rings is 9. The van der Waals surface area contributed by atoms with E-state index in [4.69, 9.17) is 9.97 Å². The summed E-state index contributed by atoms with van der Waals surface area (Å²) < 4.78 is 7.16. The standard InChI is InChI=1S/C58H36N4S/c1-4-15-37(16-5-1)38-27-29-39(30-28-38)42-21-14-22-43(35-42)61-48-25-12-10-23-45(48)53-50(61)32-33-51-54(53)46-24-11-13-26-49(46)62(51)44-31-34-52-47(36-44)56-57(63-52)55(40-17-6-2-7-18-40)59-58(60-56)41-19-8-3-9-20-41/h1-36H. The maximum Gasteiger partial charge on any atom is 0.160 e. The van der Waals surface area contributed by atoms with Gasteiger partial charge in [0.25, 0.3) is 0 Å². The fraction of sp³-hybridized carbons (Fsp3) is 0. The van der Waals surface area contributed by atoms with Crippen molar-refractivity contribution in [1.82, 2.24) is 19.1 Å². The van der Waals surface area contributed by atoms with Crippen LogP contribution in [0, 0.1) is 0 Å². The third-order valence-corrected chi connectivity index (χ3v) is 13.7.